The molecule has 3 N–H and O–H groups in total. The highest BCUT2D eigenvalue weighted by molar-refractivity contribution is 6.32. The second-order valence-electron chi connectivity index (χ2n) is 3.03. The molecule has 0 aromatic heterocycles. The number of ketones is 1. The summed E-state index contributed by atoms with van der Waals surface area (Å²) in [5, 5.41) is 8.27. The Morgan fingerprint density at radius 2 is 2.21 bits per heavy atom. The number of rotatable bonds is 6. The van der Waals surface area contributed by atoms with E-state index in [2.05, 4.69) is 4.99 Å². The van der Waals surface area contributed by atoms with Crippen molar-refractivity contribution in [1.82, 2.24) is 0 Å². The summed E-state index contributed by atoms with van der Waals surface area (Å²) in [5.41, 5.74) is 6.57. The fourth-order valence-electron chi connectivity index (χ4n) is 0.908. The number of carboxylic acids is 1. The lowest BCUT2D eigenvalue weighted by molar-refractivity contribution is -0.149. The van der Waals surface area contributed by atoms with Gasteiger partial charge in [-0.05, 0) is 18.4 Å². The smallest absolute Gasteiger partial charge is 0.372 e. The minimum atomic E-state index is -1.38. The quantitative estimate of drug-likeness (QED) is 0.273. The molecule has 14 heavy (non-hydrogen) atoms. The van der Waals surface area contributed by atoms with Crippen LogP contribution in [-0.2, 0) is 9.59 Å². The van der Waals surface area contributed by atoms with Crippen molar-refractivity contribution < 1.29 is 14.7 Å². The van der Waals surface area contributed by atoms with Gasteiger partial charge in [0.15, 0.2) is 0 Å². The summed E-state index contributed by atoms with van der Waals surface area (Å²) >= 11 is 0. The molecule has 1 aliphatic rings. The molecule has 0 radical (unpaired) electrons. The molecule has 5 heteroatoms. The van der Waals surface area contributed by atoms with E-state index in [1.165, 1.54) is 0 Å². The van der Waals surface area contributed by atoms with Gasteiger partial charge in [-0.3, -0.25) is 9.79 Å². The van der Waals surface area contributed by atoms with E-state index in [0.717, 1.165) is 12.0 Å². The van der Waals surface area contributed by atoms with Crippen LogP contribution < -0.4 is 5.73 Å². The van der Waals surface area contributed by atoms with Crippen molar-refractivity contribution in [1.29, 1.82) is 0 Å². The average Bonchev–Trinajstić information content (AvgIpc) is 2.94. The van der Waals surface area contributed by atoms with Gasteiger partial charge in [-0.2, -0.15) is 0 Å². The predicted molar refractivity (Wildman–Crippen MR) is 51.1 cm³/mol. The molecule has 0 fully saturated rings. The summed E-state index contributed by atoms with van der Waals surface area (Å²) in [6.45, 7) is 0.405. The molecule has 0 amide bonds. The number of aliphatic imine (C=N–C) groups is 1. The number of allylic oxidation sites excluding steroid dienone is 1. The van der Waals surface area contributed by atoms with Gasteiger partial charge in [0.2, 0.25) is 5.78 Å². The molecule has 0 saturated heterocycles. The van der Waals surface area contributed by atoms with Crippen LogP contribution in [0, 0.1) is 0 Å². The zero-order valence-corrected chi connectivity index (χ0v) is 7.69. The lowest BCUT2D eigenvalue weighted by Gasteiger charge is -1.95. The van der Waals surface area contributed by atoms with Crippen molar-refractivity contribution in [2.45, 2.75) is 19.3 Å². The van der Waals surface area contributed by atoms with Crippen LogP contribution in [0.4, 0.5) is 0 Å². The molecule has 1 rings (SSSR count). The van der Waals surface area contributed by atoms with Crippen LogP contribution in [0.15, 0.2) is 16.6 Å². The topological polar surface area (TPSA) is 92.8 Å². The van der Waals surface area contributed by atoms with Gasteiger partial charge in [0.05, 0.1) is 0 Å². The highest BCUT2D eigenvalue weighted by atomic mass is 16.4. The Morgan fingerprint density at radius 3 is 2.71 bits per heavy atom. The van der Waals surface area contributed by atoms with E-state index in [-0.39, 0.29) is 6.42 Å². The molecule has 0 aliphatic heterocycles. The number of nitrogens with two attached hydrogens (primary N) is 1. The number of aliphatic carboxylic acids is 1. The summed E-state index contributed by atoms with van der Waals surface area (Å²) in [6.07, 6.45) is 3.30. The molecular formula is C9H12N2O3. The number of Topliss-reactive ketones (excluding diaryl/α,β-unsaturated/α-hetero) is 1. The molecule has 5 nitrogen and oxygen atoms in total. The second kappa shape index (κ2) is 4.55. The molecule has 0 spiro atoms. The summed E-state index contributed by atoms with van der Waals surface area (Å²) < 4.78 is 0. The first-order chi connectivity index (χ1) is 6.61. The number of nitrogens with zero attached hydrogens (tertiary/aromatic N) is 1. The SMILES string of the molecule is NC(=NCCCC(=O)C(=O)O)C1=CC1. The minimum Gasteiger partial charge on any atom is -0.476 e. The van der Waals surface area contributed by atoms with Crippen LogP contribution in [0.5, 0.6) is 0 Å². The summed E-state index contributed by atoms with van der Waals surface area (Å²) in [4.78, 5) is 24.8. The van der Waals surface area contributed by atoms with Gasteiger partial charge in [-0.15, -0.1) is 0 Å². The Labute approximate surface area is 81.3 Å². The summed E-state index contributed by atoms with van der Waals surface area (Å²) in [5.74, 6) is -1.65. The number of amidine groups is 1. The van der Waals surface area contributed by atoms with E-state index < -0.39 is 11.8 Å². The van der Waals surface area contributed by atoms with Crippen LogP contribution >= 0.6 is 0 Å². The Balaban J connectivity index is 2.15. The van der Waals surface area contributed by atoms with Crippen LogP contribution in [0.1, 0.15) is 19.3 Å². The Kier molecular flexibility index (Phi) is 3.39. The van der Waals surface area contributed by atoms with E-state index in [1.807, 2.05) is 6.08 Å². The Bertz CT molecular complexity index is 318. The zero-order chi connectivity index (χ0) is 10.6. The molecule has 1 aliphatic carbocycles. The van der Waals surface area contributed by atoms with Gasteiger partial charge < -0.3 is 10.8 Å². The lowest BCUT2D eigenvalue weighted by Crippen LogP contribution is -2.13. The summed E-state index contributed by atoms with van der Waals surface area (Å²) in [6, 6.07) is 0. The van der Waals surface area contributed by atoms with Gasteiger partial charge in [0, 0.05) is 13.0 Å². The largest absolute Gasteiger partial charge is 0.476 e. The van der Waals surface area contributed by atoms with Crippen molar-refractivity contribution in [2.24, 2.45) is 10.7 Å². The van der Waals surface area contributed by atoms with E-state index in [0.29, 0.717) is 18.8 Å². The first kappa shape index (κ1) is 10.4. The maximum atomic E-state index is 10.6. The molecule has 0 atom stereocenters. The van der Waals surface area contributed by atoms with Crippen molar-refractivity contribution in [3.05, 3.63) is 11.6 Å². The third kappa shape index (κ3) is 3.38. The monoisotopic (exact) mass is 196 g/mol. The molecule has 0 aromatic carbocycles. The van der Waals surface area contributed by atoms with Gasteiger partial charge >= 0.3 is 5.97 Å². The van der Waals surface area contributed by atoms with E-state index >= 15 is 0 Å². The number of hydrogen-bond acceptors (Lipinski definition) is 3. The second-order valence-corrected chi connectivity index (χ2v) is 3.03. The number of carbonyl (C=O) groups excluding carboxylic acids is 1. The maximum Gasteiger partial charge on any atom is 0.372 e. The first-order valence-corrected chi connectivity index (χ1v) is 4.36. The standard InChI is InChI=1S/C9H12N2O3/c10-8(6-3-4-6)11-5-1-2-7(12)9(13)14/h3H,1-2,4-5H2,(H2,10,11)(H,13,14). The molecule has 0 saturated carbocycles. The third-order valence-electron chi connectivity index (χ3n) is 1.82. The van der Waals surface area contributed by atoms with Crippen LogP contribution in [0.3, 0.4) is 0 Å². The normalized spacial score (nSPS) is 14.9. The first-order valence-electron chi connectivity index (χ1n) is 4.36. The number of hydrogen-bond donors (Lipinski definition) is 2. The summed E-state index contributed by atoms with van der Waals surface area (Å²) in [7, 11) is 0. The fraction of sp³-hybridized carbons (Fsp3) is 0.444. The third-order valence-corrected chi connectivity index (χ3v) is 1.82. The Hall–Kier alpha value is -1.65. The van der Waals surface area contributed by atoms with Gasteiger partial charge in [0.25, 0.3) is 0 Å². The lowest BCUT2D eigenvalue weighted by atomic mass is 10.2. The van der Waals surface area contributed by atoms with Crippen molar-refractivity contribution >= 4 is 17.6 Å². The highest BCUT2D eigenvalue weighted by Crippen LogP contribution is 2.17. The fourth-order valence-corrected chi connectivity index (χ4v) is 0.908. The molecule has 0 heterocycles. The van der Waals surface area contributed by atoms with Crippen molar-refractivity contribution in [3.63, 3.8) is 0 Å². The zero-order valence-electron chi connectivity index (χ0n) is 7.69. The van der Waals surface area contributed by atoms with Gasteiger partial charge in [0.1, 0.15) is 5.84 Å². The average molecular weight is 196 g/mol. The van der Waals surface area contributed by atoms with Crippen LogP contribution in [-0.4, -0.2) is 29.2 Å². The maximum absolute atomic E-state index is 10.6. The van der Waals surface area contributed by atoms with Crippen molar-refractivity contribution in [2.75, 3.05) is 6.54 Å². The molecular weight excluding hydrogens is 184 g/mol. The predicted octanol–water partition coefficient (Wildman–Crippen LogP) is 0.108. The molecule has 0 bridgehead atoms. The van der Waals surface area contributed by atoms with E-state index in [1.54, 1.807) is 0 Å². The van der Waals surface area contributed by atoms with Crippen molar-refractivity contribution in [3.8, 4) is 0 Å². The molecule has 76 valence electrons. The highest BCUT2D eigenvalue weighted by Gasteiger charge is 2.12. The molecule has 0 unspecified atom stereocenters. The number of carboxylic acid groups (broad SMARTS) is 1. The van der Waals surface area contributed by atoms with E-state index in [9.17, 15) is 9.59 Å². The van der Waals surface area contributed by atoms with Gasteiger partial charge in [-0.1, -0.05) is 6.08 Å². The Morgan fingerprint density at radius 1 is 1.57 bits per heavy atom. The number of carbonyl (C=O) groups is 2. The molecule has 0 aromatic rings. The van der Waals surface area contributed by atoms with E-state index in [4.69, 9.17) is 10.8 Å². The van der Waals surface area contributed by atoms with Crippen LogP contribution in [0.2, 0.25) is 0 Å². The minimum absolute atomic E-state index is 0.0190. The van der Waals surface area contributed by atoms with Gasteiger partial charge in [-0.25, -0.2) is 4.79 Å². The van der Waals surface area contributed by atoms with Crippen LogP contribution in [0.25, 0.3) is 0 Å².